The summed E-state index contributed by atoms with van der Waals surface area (Å²) in [4.78, 5) is 57.3. The van der Waals surface area contributed by atoms with E-state index in [0.717, 1.165) is 33.1 Å². The molecule has 224 valence electrons. The van der Waals surface area contributed by atoms with Crippen molar-refractivity contribution < 1.29 is 61.3 Å². The summed E-state index contributed by atoms with van der Waals surface area (Å²) in [5, 5.41) is 0. The first kappa shape index (κ1) is 42.7. The van der Waals surface area contributed by atoms with Crippen LogP contribution in [0.3, 0.4) is 0 Å². The van der Waals surface area contributed by atoms with Crippen LogP contribution < -0.4 is 14.7 Å². The van der Waals surface area contributed by atoms with Crippen molar-refractivity contribution in [2.24, 2.45) is 0 Å². The summed E-state index contributed by atoms with van der Waals surface area (Å²) in [6.07, 6.45) is 3.53. The maximum atomic E-state index is 10.6. The Balaban J connectivity index is -0.000000209. The normalized spacial score (nSPS) is 10.9. The Morgan fingerprint density at radius 1 is 0.579 bits per heavy atom. The van der Waals surface area contributed by atoms with E-state index < -0.39 is 7.82 Å². The van der Waals surface area contributed by atoms with Crippen molar-refractivity contribution in [2.75, 3.05) is 103 Å². The highest BCUT2D eigenvalue weighted by molar-refractivity contribution is 7.40. The molecule has 0 saturated carbocycles. The largest absolute Gasteiger partial charge is 0.822 e. The minimum absolute atomic E-state index is 0.349. The van der Waals surface area contributed by atoms with E-state index >= 15 is 0 Å². The van der Waals surface area contributed by atoms with Gasteiger partial charge in [0, 0.05) is 18.2 Å². The molecule has 13 nitrogen and oxygen atoms in total. The smallest absolute Gasteiger partial charge is 0.330 e. The second-order valence-electron chi connectivity index (χ2n) is 10.6. The number of esters is 3. The maximum Gasteiger partial charge on any atom is 0.330 e. The van der Waals surface area contributed by atoms with Gasteiger partial charge < -0.3 is 46.9 Å². The molecule has 0 rings (SSSR count). The molecule has 0 N–H and O–H groups in total. The highest BCUT2D eigenvalue weighted by Crippen LogP contribution is 2.03. The number of nitrogens with zero attached hydrogens (tertiary/aromatic N) is 3. The van der Waals surface area contributed by atoms with Crippen LogP contribution in [0.2, 0.25) is 0 Å². The fourth-order valence-electron chi connectivity index (χ4n) is 1.44. The summed E-state index contributed by atoms with van der Waals surface area (Å²) in [6, 6.07) is 0. The van der Waals surface area contributed by atoms with Gasteiger partial charge in [0.05, 0.1) is 63.4 Å². The summed E-state index contributed by atoms with van der Waals surface area (Å²) in [5.41, 5.74) is 0. The van der Waals surface area contributed by atoms with Gasteiger partial charge >= 0.3 is 17.9 Å². The van der Waals surface area contributed by atoms with Crippen LogP contribution in [0.15, 0.2) is 38.0 Å². The van der Waals surface area contributed by atoms with Crippen LogP contribution in [0.25, 0.3) is 0 Å². The van der Waals surface area contributed by atoms with Crippen LogP contribution in [0.5, 0.6) is 0 Å². The second-order valence-corrected chi connectivity index (χ2v) is 11.5. The van der Waals surface area contributed by atoms with Crippen LogP contribution in [-0.2, 0) is 33.2 Å². The average Bonchev–Trinajstić information content (AvgIpc) is 2.70. The Hall–Kier alpha value is -2.38. The molecular weight excluding hydrogens is 521 g/mol. The number of ether oxygens (including phenoxy) is 3. The van der Waals surface area contributed by atoms with Crippen LogP contribution in [0, 0.1) is 0 Å². The first-order valence-electron chi connectivity index (χ1n) is 11.4. The van der Waals surface area contributed by atoms with Gasteiger partial charge in [0.15, 0.2) is 0 Å². The van der Waals surface area contributed by atoms with Crippen molar-refractivity contribution in [1.82, 2.24) is 0 Å². The molecule has 0 radical (unpaired) electrons. The van der Waals surface area contributed by atoms with E-state index in [2.05, 4.69) is 19.7 Å². The predicted molar refractivity (Wildman–Crippen MR) is 140 cm³/mol. The average molecular weight is 570 g/mol. The molecule has 14 heteroatoms. The molecule has 0 amide bonds. The van der Waals surface area contributed by atoms with Gasteiger partial charge in [-0.1, -0.05) is 19.7 Å². The molecular formula is C24H48N3O10P. The molecule has 0 heterocycles. The lowest BCUT2D eigenvalue weighted by molar-refractivity contribution is -0.870. The van der Waals surface area contributed by atoms with E-state index in [-0.39, 0.29) is 17.9 Å². The minimum atomic E-state index is -5.39. The quantitative estimate of drug-likeness (QED) is 0.0882. The summed E-state index contributed by atoms with van der Waals surface area (Å²) in [7, 11) is 13.0. The first-order valence-corrected chi connectivity index (χ1v) is 12.8. The van der Waals surface area contributed by atoms with E-state index in [9.17, 15) is 14.4 Å². The molecule has 0 unspecified atom stereocenters. The number of phosphoric acid groups is 1. The van der Waals surface area contributed by atoms with Gasteiger partial charge in [0.1, 0.15) is 39.5 Å². The number of carbonyl (C=O) groups excluding carboxylic acids is 3. The van der Waals surface area contributed by atoms with Gasteiger partial charge in [0.25, 0.3) is 0 Å². The van der Waals surface area contributed by atoms with Gasteiger partial charge in [0.2, 0.25) is 0 Å². The Labute approximate surface area is 228 Å². The lowest BCUT2D eigenvalue weighted by Gasteiger charge is -2.36. The maximum absolute atomic E-state index is 10.6. The minimum Gasteiger partial charge on any atom is -0.822 e. The molecule has 0 aromatic rings. The lowest BCUT2D eigenvalue weighted by Crippen LogP contribution is -2.37. The van der Waals surface area contributed by atoms with Gasteiger partial charge in [-0.2, -0.15) is 7.82 Å². The summed E-state index contributed by atoms with van der Waals surface area (Å²) in [5.74, 6) is -1.05. The molecule has 0 bridgehead atoms. The number of likely N-dealkylation sites (N-methyl/N-ethyl adjacent to an activating group) is 3. The molecule has 0 aromatic carbocycles. The van der Waals surface area contributed by atoms with Gasteiger partial charge in [-0.15, -0.1) is 0 Å². The molecule has 0 fully saturated rings. The van der Waals surface area contributed by atoms with Gasteiger partial charge in [-0.05, 0) is 0 Å². The van der Waals surface area contributed by atoms with Crippen molar-refractivity contribution >= 4 is 25.7 Å². The molecule has 0 spiro atoms. The Kier molecular flexibility index (Phi) is 24.2. The number of quaternary nitrogens is 3. The summed E-state index contributed by atoms with van der Waals surface area (Å²) in [6.45, 7) is 13.7. The van der Waals surface area contributed by atoms with Crippen LogP contribution in [-0.4, -0.2) is 134 Å². The molecule has 0 atom stereocenters. The Morgan fingerprint density at radius 3 is 0.842 bits per heavy atom. The lowest BCUT2D eigenvalue weighted by atomic mass is 10.5. The van der Waals surface area contributed by atoms with E-state index in [1.165, 1.54) is 18.2 Å². The Morgan fingerprint density at radius 2 is 0.737 bits per heavy atom. The SMILES string of the molecule is C=CC(=O)OCC[N+](C)(C)C.C=CC(=O)OCC[N+](C)(C)C.C=CC(=O)OCC[N+](C)(C)C.O=P([O-])([O-])[O-]. The fraction of sp³-hybridized carbons (Fsp3) is 0.625. The van der Waals surface area contributed by atoms with E-state index in [1.54, 1.807) is 0 Å². The molecule has 0 aromatic heterocycles. The zero-order chi connectivity index (χ0) is 31.2. The third-order valence-electron chi connectivity index (χ3n) is 3.52. The second kappa shape index (κ2) is 21.5. The third kappa shape index (κ3) is 59.0. The monoisotopic (exact) mass is 569 g/mol. The van der Waals surface area contributed by atoms with E-state index in [4.69, 9.17) is 33.5 Å². The predicted octanol–water partition coefficient (Wildman–Crippen LogP) is -1.56. The highest BCUT2D eigenvalue weighted by Gasteiger charge is 2.08. The first-order chi connectivity index (χ1) is 16.9. The van der Waals surface area contributed by atoms with Crippen LogP contribution in [0.4, 0.5) is 0 Å². The highest BCUT2D eigenvalue weighted by atomic mass is 31.2. The standard InChI is InChI=1S/3C8H16NO2.H3O4P/c3*1-5-8(10)11-7-6-9(2,3)4;1-5(2,3)4/h3*5H,1,6-7H2,2-4H3;(H3,1,2,3,4)/q3*+1;/p-3. The van der Waals surface area contributed by atoms with Crippen molar-refractivity contribution in [2.45, 2.75) is 0 Å². The number of rotatable bonds is 12. The van der Waals surface area contributed by atoms with Crippen LogP contribution in [0.1, 0.15) is 0 Å². The Bertz CT molecular complexity index is 667. The van der Waals surface area contributed by atoms with E-state index in [1.807, 2.05) is 63.4 Å². The van der Waals surface area contributed by atoms with Crippen molar-refractivity contribution in [1.29, 1.82) is 0 Å². The zero-order valence-electron chi connectivity index (χ0n) is 24.5. The van der Waals surface area contributed by atoms with Gasteiger partial charge in [-0.25, -0.2) is 14.4 Å². The van der Waals surface area contributed by atoms with Crippen molar-refractivity contribution in [3.63, 3.8) is 0 Å². The van der Waals surface area contributed by atoms with Gasteiger partial charge in [-0.3, -0.25) is 0 Å². The van der Waals surface area contributed by atoms with E-state index in [0.29, 0.717) is 19.8 Å². The summed E-state index contributed by atoms with van der Waals surface area (Å²) < 4.78 is 25.3. The number of hydrogen-bond donors (Lipinski definition) is 0. The molecule has 0 saturated heterocycles. The third-order valence-corrected chi connectivity index (χ3v) is 3.52. The molecule has 38 heavy (non-hydrogen) atoms. The number of hydrogen-bond acceptors (Lipinski definition) is 10. The zero-order valence-corrected chi connectivity index (χ0v) is 25.4. The number of carbonyl (C=O) groups is 3. The van der Waals surface area contributed by atoms with Crippen molar-refractivity contribution in [3.05, 3.63) is 38.0 Å². The fourth-order valence-corrected chi connectivity index (χ4v) is 1.44. The molecule has 0 aliphatic carbocycles. The molecule has 0 aliphatic rings. The van der Waals surface area contributed by atoms with Crippen LogP contribution >= 0.6 is 7.82 Å². The van der Waals surface area contributed by atoms with Crippen molar-refractivity contribution in [3.8, 4) is 0 Å². The topological polar surface area (TPSA) is 165 Å². The molecule has 0 aliphatic heterocycles. The summed E-state index contributed by atoms with van der Waals surface area (Å²) >= 11 is 0.